The zero-order chi connectivity index (χ0) is 24.9. The highest BCUT2D eigenvalue weighted by atomic mass is 16.5. The molecule has 2 aromatic carbocycles. The Balaban J connectivity index is 1.20. The lowest BCUT2D eigenvalue weighted by Gasteiger charge is -2.11. The van der Waals surface area contributed by atoms with Gasteiger partial charge in [0.2, 0.25) is 0 Å². The number of nitrogens with zero attached hydrogens (tertiary/aromatic N) is 4. The van der Waals surface area contributed by atoms with E-state index in [1.54, 1.807) is 18.3 Å². The average molecular weight is 480 g/mol. The third-order valence-electron chi connectivity index (χ3n) is 5.50. The van der Waals surface area contributed by atoms with Crippen molar-refractivity contribution in [3.63, 3.8) is 0 Å². The Morgan fingerprint density at radius 1 is 0.889 bits per heavy atom. The minimum Gasteiger partial charge on any atom is -0.368 e. The van der Waals surface area contributed by atoms with Crippen LogP contribution in [-0.4, -0.2) is 39.1 Å². The highest BCUT2D eigenvalue weighted by Gasteiger charge is 2.14. The van der Waals surface area contributed by atoms with Crippen LogP contribution in [0.5, 0.6) is 0 Å². The quantitative estimate of drug-likeness (QED) is 0.270. The first kappa shape index (κ1) is 23.0. The van der Waals surface area contributed by atoms with Crippen molar-refractivity contribution in [3.8, 4) is 11.3 Å². The lowest BCUT2D eigenvalue weighted by molar-refractivity contribution is 0.0955. The van der Waals surface area contributed by atoms with Crippen LogP contribution in [-0.2, 0) is 0 Å². The van der Waals surface area contributed by atoms with Gasteiger partial charge >= 0.3 is 0 Å². The number of aromatic nitrogens is 4. The van der Waals surface area contributed by atoms with Gasteiger partial charge in [-0.15, -0.1) is 0 Å². The van der Waals surface area contributed by atoms with Gasteiger partial charge in [0.1, 0.15) is 28.8 Å². The maximum atomic E-state index is 12.8. The molecular formula is C27H25N7O2. The largest absolute Gasteiger partial charge is 0.368 e. The van der Waals surface area contributed by atoms with E-state index in [1.807, 2.05) is 68.4 Å². The number of carbonyl (C=O) groups excluding carboxylic acids is 1. The number of aryl methyl sites for hydroxylation is 2. The van der Waals surface area contributed by atoms with Crippen LogP contribution in [0, 0.1) is 13.8 Å². The molecule has 0 bridgehead atoms. The van der Waals surface area contributed by atoms with Gasteiger partial charge in [0.15, 0.2) is 5.76 Å². The predicted molar refractivity (Wildman–Crippen MR) is 139 cm³/mol. The minimum absolute atomic E-state index is 0.175. The lowest BCUT2D eigenvalue weighted by Crippen LogP contribution is -2.28. The molecule has 0 fully saturated rings. The second kappa shape index (κ2) is 10.2. The van der Waals surface area contributed by atoms with Crippen LogP contribution in [0.15, 0.2) is 77.4 Å². The molecule has 36 heavy (non-hydrogen) atoms. The Bertz CT molecular complexity index is 1520. The molecule has 1 amide bonds. The molecular weight excluding hydrogens is 454 g/mol. The van der Waals surface area contributed by atoms with E-state index < -0.39 is 0 Å². The van der Waals surface area contributed by atoms with E-state index in [0.717, 1.165) is 16.5 Å². The normalized spacial score (nSPS) is 10.8. The van der Waals surface area contributed by atoms with Crippen LogP contribution in [0.2, 0.25) is 0 Å². The van der Waals surface area contributed by atoms with Gasteiger partial charge in [-0.25, -0.2) is 15.0 Å². The van der Waals surface area contributed by atoms with Gasteiger partial charge in [-0.3, -0.25) is 4.79 Å². The highest BCUT2D eigenvalue weighted by molar-refractivity contribution is 6.01. The van der Waals surface area contributed by atoms with E-state index in [0.29, 0.717) is 53.2 Å². The molecule has 0 unspecified atom stereocenters. The molecule has 0 radical (unpaired) electrons. The van der Waals surface area contributed by atoms with Gasteiger partial charge in [-0.2, -0.15) is 0 Å². The van der Waals surface area contributed by atoms with Crippen molar-refractivity contribution in [1.82, 2.24) is 25.4 Å². The van der Waals surface area contributed by atoms with Crippen LogP contribution in [0.25, 0.3) is 22.2 Å². The molecule has 9 heteroatoms. The summed E-state index contributed by atoms with van der Waals surface area (Å²) in [6, 6.07) is 20.7. The van der Waals surface area contributed by atoms with Crippen molar-refractivity contribution in [3.05, 3.63) is 89.9 Å². The van der Waals surface area contributed by atoms with Crippen molar-refractivity contribution in [2.24, 2.45) is 0 Å². The number of carbonyl (C=O) groups is 1. The van der Waals surface area contributed by atoms with Gasteiger partial charge in [0, 0.05) is 36.5 Å². The summed E-state index contributed by atoms with van der Waals surface area (Å²) in [5.41, 5.74) is 3.26. The third-order valence-corrected chi connectivity index (χ3v) is 5.50. The summed E-state index contributed by atoms with van der Waals surface area (Å²) < 4.78 is 5.53. The summed E-state index contributed by atoms with van der Waals surface area (Å²) in [7, 11) is 0. The number of nitrogens with one attached hydrogen (secondary N) is 3. The number of anilines is 3. The molecule has 180 valence electrons. The molecule has 5 rings (SSSR count). The molecule has 3 aromatic heterocycles. The van der Waals surface area contributed by atoms with E-state index in [9.17, 15) is 4.79 Å². The topological polar surface area (TPSA) is 118 Å². The summed E-state index contributed by atoms with van der Waals surface area (Å²) in [5.74, 6) is 3.10. The number of rotatable bonds is 8. The summed E-state index contributed by atoms with van der Waals surface area (Å²) in [6.45, 7) is 4.74. The molecule has 0 saturated carbocycles. The number of hydrogen-bond donors (Lipinski definition) is 3. The fourth-order valence-electron chi connectivity index (χ4n) is 3.81. The van der Waals surface area contributed by atoms with Crippen LogP contribution < -0.4 is 16.0 Å². The number of fused-ring (bicyclic) bond motifs is 1. The molecule has 9 nitrogen and oxygen atoms in total. The first-order valence-electron chi connectivity index (χ1n) is 11.6. The van der Waals surface area contributed by atoms with Crippen molar-refractivity contribution in [2.45, 2.75) is 13.8 Å². The summed E-state index contributed by atoms with van der Waals surface area (Å²) in [6.07, 6.45) is 1.75. The van der Waals surface area contributed by atoms with E-state index >= 15 is 0 Å². The molecule has 3 N–H and O–H groups in total. The Kier molecular flexibility index (Phi) is 6.53. The number of amides is 1. The molecule has 3 heterocycles. The van der Waals surface area contributed by atoms with Crippen molar-refractivity contribution in [1.29, 1.82) is 0 Å². The summed E-state index contributed by atoms with van der Waals surface area (Å²) in [5, 5.41) is 14.3. The second-order valence-electron chi connectivity index (χ2n) is 8.32. The van der Waals surface area contributed by atoms with E-state index in [-0.39, 0.29) is 5.91 Å². The second-order valence-corrected chi connectivity index (χ2v) is 8.32. The van der Waals surface area contributed by atoms with Gasteiger partial charge < -0.3 is 20.5 Å². The Morgan fingerprint density at radius 2 is 1.72 bits per heavy atom. The molecule has 0 atom stereocenters. The van der Waals surface area contributed by atoms with Gasteiger partial charge in [0.05, 0.1) is 5.39 Å². The monoisotopic (exact) mass is 479 g/mol. The van der Waals surface area contributed by atoms with Crippen LogP contribution in [0.4, 0.5) is 17.5 Å². The summed E-state index contributed by atoms with van der Waals surface area (Å²) in [4.78, 5) is 25.9. The van der Waals surface area contributed by atoms with Crippen molar-refractivity contribution >= 4 is 34.3 Å². The molecule has 0 spiro atoms. The number of hydrogen-bond acceptors (Lipinski definition) is 8. The molecule has 0 aliphatic heterocycles. The summed E-state index contributed by atoms with van der Waals surface area (Å²) >= 11 is 0. The van der Waals surface area contributed by atoms with Crippen molar-refractivity contribution in [2.75, 3.05) is 23.7 Å². The number of pyridine rings is 1. The third kappa shape index (κ3) is 5.30. The SMILES string of the molecule is Cc1ccnc(Nc2cc(NCCNC(=O)c3ccc4noc(-c5ccccc5)c4c3)nc(C)n2)c1. The number of benzene rings is 2. The van der Waals surface area contributed by atoms with Gasteiger partial charge in [0.25, 0.3) is 5.91 Å². The maximum Gasteiger partial charge on any atom is 0.251 e. The smallest absolute Gasteiger partial charge is 0.251 e. The average Bonchev–Trinajstić information content (AvgIpc) is 3.30. The Morgan fingerprint density at radius 3 is 2.56 bits per heavy atom. The fraction of sp³-hybridized carbons (Fsp3) is 0.148. The zero-order valence-electron chi connectivity index (χ0n) is 19.9. The van der Waals surface area contributed by atoms with E-state index in [2.05, 4.69) is 36.1 Å². The first-order chi connectivity index (χ1) is 17.5. The predicted octanol–water partition coefficient (Wildman–Crippen LogP) is 4.88. The molecule has 0 aliphatic rings. The highest BCUT2D eigenvalue weighted by Crippen LogP contribution is 2.29. The Hall–Kier alpha value is -4.79. The minimum atomic E-state index is -0.175. The standard InChI is InChI=1S/C27H25N7O2/c1-17-10-11-28-23(14-17)33-25-16-24(31-18(2)32-25)29-12-13-30-27(35)20-8-9-22-21(15-20)26(36-34-22)19-6-4-3-5-7-19/h3-11,14-16H,12-13H2,1-2H3,(H,30,35)(H2,28,29,31,32,33). The first-order valence-corrected chi connectivity index (χ1v) is 11.6. The van der Waals surface area contributed by atoms with Gasteiger partial charge in [-0.05, 0) is 49.7 Å². The lowest BCUT2D eigenvalue weighted by atomic mass is 10.1. The fourth-order valence-corrected chi connectivity index (χ4v) is 3.81. The van der Waals surface area contributed by atoms with Crippen LogP contribution >= 0.6 is 0 Å². The molecule has 5 aromatic rings. The molecule has 0 aliphatic carbocycles. The van der Waals surface area contributed by atoms with Crippen molar-refractivity contribution < 1.29 is 9.32 Å². The van der Waals surface area contributed by atoms with E-state index in [1.165, 1.54) is 0 Å². The van der Waals surface area contributed by atoms with E-state index in [4.69, 9.17) is 4.52 Å². The van der Waals surface area contributed by atoms with Gasteiger partial charge in [-0.1, -0.05) is 35.5 Å². The maximum absolute atomic E-state index is 12.8. The Labute approximate surface area is 208 Å². The molecule has 0 saturated heterocycles. The van der Waals surface area contributed by atoms with Crippen LogP contribution in [0.1, 0.15) is 21.7 Å². The zero-order valence-corrected chi connectivity index (χ0v) is 19.9. The van der Waals surface area contributed by atoms with Crippen LogP contribution in [0.3, 0.4) is 0 Å².